The molecule has 0 aliphatic heterocycles. The summed E-state index contributed by atoms with van der Waals surface area (Å²) in [5, 5.41) is 0. The molecule has 0 saturated heterocycles. The molecule has 0 nitrogen and oxygen atoms in total. The van der Waals surface area contributed by atoms with Gasteiger partial charge in [-0.1, -0.05) is 0 Å². The zero-order valence-electron chi connectivity index (χ0n) is 1.50. The summed E-state index contributed by atoms with van der Waals surface area (Å²) in [5.41, 5.74) is 0. The second-order valence-electron chi connectivity index (χ2n) is 0. The zero-order chi connectivity index (χ0) is 0. The van der Waals surface area contributed by atoms with Crippen LogP contribution in [-0.4, -0.2) is 0 Å². The zero-order valence-corrected chi connectivity index (χ0v) is 11.8. The van der Waals surface area contributed by atoms with Gasteiger partial charge >= 0.3 is 0 Å². The fourth-order valence-electron chi connectivity index (χ4n) is 0. The molecule has 4 heavy (non-hydrogen) atoms. The van der Waals surface area contributed by atoms with Crippen molar-refractivity contribution in [2.75, 3.05) is 0 Å². The van der Waals surface area contributed by atoms with E-state index in [1.165, 1.54) is 0 Å². The fourth-order valence-corrected chi connectivity index (χ4v) is 0. The van der Waals surface area contributed by atoms with Crippen LogP contribution >= 0.6 is 0 Å². The van der Waals surface area contributed by atoms with Crippen molar-refractivity contribution in [3.63, 3.8) is 0 Å². The van der Waals surface area contributed by atoms with Gasteiger partial charge in [-0.15, -0.1) is 0 Å². The molecule has 0 bridgehead atoms. The van der Waals surface area contributed by atoms with Crippen LogP contribution in [-0.2, 0) is 60.3 Å². The SMILES string of the molecule is [Ce].[Ir].[Ir].[Ir]. The molecule has 4 heteroatoms. The van der Waals surface area contributed by atoms with Gasteiger partial charge < -0.3 is 0 Å². The maximum atomic E-state index is 0. The van der Waals surface area contributed by atoms with E-state index in [1.807, 2.05) is 0 Å². The van der Waals surface area contributed by atoms with Crippen molar-refractivity contribution in [3.8, 4) is 0 Å². The maximum Gasteiger partial charge on any atom is 0 e. The minimum absolute atomic E-state index is 0. The predicted molar refractivity (Wildman–Crippen MR) is 0 cm³/mol. The Kier molecular flexibility index (Phi) is 108. The molecule has 3 radical (unpaired) electrons. The average Bonchev–Trinajstić information content (AvgIpc) is 0. The van der Waals surface area contributed by atoms with E-state index >= 15 is 0 Å². The third kappa shape index (κ3) is 9.01. The first kappa shape index (κ1) is 26.5. The van der Waals surface area contributed by atoms with E-state index < -0.39 is 0 Å². The van der Waals surface area contributed by atoms with Crippen LogP contribution < -0.4 is 0 Å². The smallest absolute Gasteiger partial charge is 0 e. The normalized spacial score (nSPS) is 0. The quantitative estimate of drug-likeness (QED) is 0.332. The van der Waals surface area contributed by atoms with Gasteiger partial charge in [-0.25, -0.2) is 0 Å². The van der Waals surface area contributed by atoms with E-state index in [4.69, 9.17) is 0 Å². The topological polar surface area (TPSA) is 0 Å². The van der Waals surface area contributed by atoms with Gasteiger partial charge in [0.05, 0.1) is 0 Å². The summed E-state index contributed by atoms with van der Waals surface area (Å²) in [6.45, 7) is 0. The number of hydrogen-bond donors (Lipinski definition) is 0. The second-order valence-corrected chi connectivity index (χ2v) is 0. The molecule has 0 aliphatic rings. The van der Waals surface area contributed by atoms with Crippen molar-refractivity contribution in [1.29, 1.82) is 0 Å². The van der Waals surface area contributed by atoms with Crippen LogP contribution in [0.1, 0.15) is 0 Å². The Morgan fingerprint density at radius 3 is 0.500 bits per heavy atom. The van der Waals surface area contributed by atoms with Crippen LogP contribution in [0.25, 0.3) is 0 Å². The standard InChI is InChI=1S/Ce.3Ir. The predicted octanol–water partition coefficient (Wildman–Crippen LogP) is -0.00750. The largest absolute Gasteiger partial charge is 0 e. The Hall–Kier alpha value is 3.32. The van der Waals surface area contributed by atoms with E-state index in [0.29, 0.717) is 0 Å². The van der Waals surface area contributed by atoms with Gasteiger partial charge in [-0.3, -0.25) is 0 Å². The van der Waals surface area contributed by atoms with Crippen LogP contribution in [0.4, 0.5) is 0 Å². The third-order valence-electron chi connectivity index (χ3n) is 0. The minimum atomic E-state index is 0. The van der Waals surface area contributed by atoms with E-state index in [0.717, 1.165) is 0 Å². The van der Waals surface area contributed by atoms with Crippen LogP contribution in [0.5, 0.6) is 0 Å². The van der Waals surface area contributed by atoms with Gasteiger partial charge in [0.25, 0.3) is 0 Å². The summed E-state index contributed by atoms with van der Waals surface area (Å²) in [6.07, 6.45) is 0. The summed E-state index contributed by atoms with van der Waals surface area (Å²) in [7, 11) is 0. The fraction of sp³-hybridized carbons (Fsp3) is 0. The minimum Gasteiger partial charge on any atom is 0 e. The van der Waals surface area contributed by atoms with Crippen molar-refractivity contribution in [1.82, 2.24) is 0 Å². The number of hydrogen-bond acceptors (Lipinski definition) is 0. The second kappa shape index (κ2) is 16.2. The van der Waals surface area contributed by atoms with Crippen LogP contribution in [0.3, 0.4) is 0 Å². The number of rotatable bonds is 0. The first-order valence-corrected chi connectivity index (χ1v) is 0. The molecule has 0 fully saturated rings. The molecule has 0 amide bonds. The van der Waals surface area contributed by atoms with Crippen LogP contribution in [0, 0.1) is 41.7 Å². The summed E-state index contributed by atoms with van der Waals surface area (Å²) in [4.78, 5) is 0. The van der Waals surface area contributed by atoms with Crippen molar-refractivity contribution >= 4 is 0 Å². The Labute approximate surface area is 99.7 Å². The summed E-state index contributed by atoms with van der Waals surface area (Å²) < 4.78 is 0. The average molecular weight is 717 g/mol. The maximum absolute atomic E-state index is 0. The molecular weight excluding hydrogens is 717 g/mol. The van der Waals surface area contributed by atoms with Gasteiger partial charge in [0.2, 0.25) is 0 Å². The molecule has 0 rings (SSSR count). The van der Waals surface area contributed by atoms with E-state index in [9.17, 15) is 0 Å². The molecule has 31 valence electrons. The molecule has 0 saturated carbocycles. The van der Waals surface area contributed by atoms with Gasteiger partial charge in [0.1, 0.15) is 0 Å². The molecule has 0 heterocycles. The first-order valence-electron chi connectivity index (χ1n) is 0. The van der Waals surface area contributed by atoms with Crippen LogP contribution in [0.2, 0.25) is 0 Å². The molecule has 0 unspecified atom stereocenters. The molecule has 0 atom stereocenters. The molecule has 0 N–H and O–H groups in total. The molecule has 0 aliphatic carbocycles. The van der Waals surface area contributed by atoms with Crippen molar-refractivity contribution in [2.24, 2.45) is 0 Å². The van der Waals surface area contributed by atoms with Crippen molar-refractivity contribution in [3.05, 3.63) is 0 Å². The summed E-state index contributed by atoms with van der Waals surface area (Å²) in [5.74, 6) is 0. The van der Waals surface area contributed by atoms with Gasteiger partial charge in [0, 0.05) is 102 Å². The third-order valence-corrected chi connectivity index (χ3v) is 0. The van der Waals surface area contributed by atoms with Gasteiger partial charge in [-0.2, -0.15) is 0 Å². The van der Waals surface area contributed by atoms with Gasteiger partial charge in [-0.05, 0) is 0 Å². The molecule has 0 aromatic heterocycles. The Morgan fingerprint density at radius 1 is 0.500 bits per heavy atom. The summed E-state index contributed by atoms with van der Waals surface area (Å²) >= 11 is 0. The summed E-state index contributed by atoms with van der Waals surface area (Å²) in [6, 6.07) is 0. The Bertz CT molecular complexity index is 3.25. The van der Waals surface area contributed by atoms with E-state index in [1.54, 1.807) is 0 Å². The van der Waals surface area contributed by atoms with Gasteiger partial charge in [0.15, 0.2) is 0 Å². The first-order chi connectivity index (χ1) is 0. The molecule has 0 aromatic carbocycles. The van der Waals surface area contributed by atoms with Crippen molar-refractivity contribution < 1.29 is 102 Å². The molecular formula is CeIr3. The van der Waals surface area contributed by atoms with Crippen LogP contribution in [0.15, 0.2) is 0 Å². The monoisotopic (exact) mass is 719 g/mol. The Balaban J connectivity index is 0. The molecule has 0 aromatic rings. The van der Waals surface area contributed by atoms with Crippen molar-refractivity contribution in [2.45, 2.75) is 0 Å². The van der Waals surface area contributed by atoms with E-state index in [2.05, 4.69) is 0 Å². The Morgan fingerprint density at radius 2 is 0.500 bits per heavy atom. The molecule has 0 spiro atoms. The van der Waals surface area contributed by atoms with E-state index in [-0.39, 0.29) is 102 Å².